The van der Waals surface area contributed by atoms with Crippen molar-refractivity contribution in [3.8, 4) is 11.1 Å². The molecule has 0 fully saturated rings. The van der Waals surface area contributed by atoms with Gasteiger partial charge in [0.25, 0.3) is 5.91 Å². The number of carbonyl (C=O) groups is 2. The largest absolute Gasteiger partial charge is 0.478 e. The molecule has 30 heavy (non-hydrogen) atoms. The molecule has 3 N–H and O–H groups in total. The van der Waals surface area contributed by atoms with Gasteiger partial charge in [0.15, 0.2) is 0 Å². The van der Waals surface area contributed by atoms with Crippen LogP contribution in [0.1, 0.15) is 32.9 Å². The Balaban J connectivity index is 1.86. The fourth-order valence-electron chi connectivity index (χ4n) is 3.51. The molecule has 3 aromatic rings. The molecule has 0 saturated heterocycles. The first kappa shape index (κ1) is 19.5. The Bertz CT molecular complexity index is 1210. The second-order valence-corrected chi connectivity index (χ2v) is 6.90. The Kier molecular flexibility index (Phi) is 4.49. The number of amides is 1. The molecule has 4 rings (SSSR count). The molecule has 0 atom stereocenters. The lowest BCUT2D eigenvalue weighted by Gasteiger charge is -2.11. The van der Waals surface area contributed by atoms with Crippen LogP contribution >= 0.6 is 0 Å². The Morgan fingerprint density at radius 2 is 1.80 bits per heavy atom. The first-order valence-corrected chi connectivity index (χ1v) is 8.92. The van der Waals surface area contributed by atoms with Crippen molar-refractivity contribution >= 4 is 29.2 Å². The summed E-state index contributed by atoms with van der Waals surface area (Å²) >= 11 is 0. The summed E-state index contributed by atoms with van der Waals surface area (Å²) in [7, 11) is 0. The molecule has 1 aliphatic heterocycles. The molecule has 0 radical (unpaired) electrons. The molecule has 2 heterocycles. The second-order valence-electron chi connectivity index (χ2n) is 6.90. The summed E-state index contributed by atoms with van der Waals surface area (Å²) in [5.41, 5.74) is 2.44. The summed E-state index contributed by atoms with van der Waals surface area (Å²) in [5.74, 6) is -1.56. The molecule has 152 valence electrons. The van der Waals surface area contributed by atoms with Crippen LogP contribution in [-0.4, -0.2) is 22.0 Å². The van der Waals surface area contributed by atoms with E-state index < -0.39 is 23.6 Å². The first-order chi connectivity index (χ1) is 14.1. The van der Waals surface area contributed by atoms with Crippen LogP contribution in [0.15, 0.2) is 48.5 Å². The van der Waals surface area contributed by atoms with Gasteiger partial charge in [-0.15, -0.1) is 0 Å². The van der Waals surface area contributed by atoms with E-state index in [1.807, 2.05) is 0 Å². The lowest BCUT2D eigenvalue weighted by molar-refractivity contribution is -0.137. The molecular weight excluding hydrogens is 397 g/mol. The number of carboxylic acids is 1. The zero-order valence-corrected chi connectivity index (χ0v) is 15.6. The Labute approximate surface area is 168 Å². The third-order valence-corrected chi connectivity index (χ3v) is 4.85. The van der Waals surface area contributed by atoms with E-state index in [1.54, 1.807) is 25.1 Å². The predicted octanol–water partition coefficient (Wildman–Crippen LogP) is 5.20. The number of fused-ring (bicyclic) bond motifs is 1. The number of rotatable bonds is 3. The van der Waals surface area contributed by atoms with Gasteiger partial charge in [-0.1, -0.05) is 24.3 Å². The van der Waals surface area contributed by atoms with E-state index in [1.165, 1.54) is 24.3 Å². The van der Waals surface area contributed by atoms with Crippen LogP contribution in [0.25, 0.3) is 22.8 Å². The molecule has 1 amide bonds. The number of aromatic nitrogens is 1. The number of nitrogens with one attached hydrogen (secondary N) is 2. The van der Waals surface area contributed by atoms with Gasteiger partial charge in [-0.05, 0) is 48.4 Å². The molecule has 2 aromatic carbocycles. The Hall–Kier alpha value is -3.81. The van der Waals surface area contributed by atoms with Crippen LogP contribution in [0, 0.1) is 6.92 Å². The highest BCUT2D eigenvalue weighted by molar-refractivity contribution is 6.36. The lowest BCUT2D eigenvalue weighted by Crippen LogP contribution is -2.04. The maximum absolute atomic E-state index is 12.9. The second kappa shape index (κ2) is 6.91. The number of anilines is 1. The van der Waals surface area contributed by atoms with Gasteiger partial charge in [-0.2, -0.15) is 13.2 Å². The van der Waals surface area contributed by atoms with E-state index >= 15 is 0 Å². The van der Waals surface area contributed by atoms with E-state index in [9.17, 15) is 27.9 Å². The highest BCUT2D eigenvalue weighted by Gasteiger charge is 2.31. The third kappa shape index (κ3) is 3.36. The van der Waals surface area contributed by atoms with Crippen molar-refractivity contribution < 1.29 is 27.9 Å². The topological polar surface area (TPSA) is 82.2 Å². The van der Waals surface area contributed by atoms with Gasteiger partial charge < -0.3 is 15.4 Å². The van der Waals surface area contributed by atoms with Crippen LogP contribution in [-0.2, 0) is 11.0 Å². The Morgan fingerprint density at radius 3 is 2.43 bits per heavy atom. The number of carbonyl (C=O) groups excluding carboxylic acids is 1. The van der Waals surface area contributed by atoms with E-state index in [0.717, 1.165) is 12.1 Å². The Morgan fingerprint density at radius 1 is 1.10 bits per heavy atom. The van der Waals surface area contributed by atoms with Crippen molar-refractivity contribution in [2.45, 2.75) is 13.1 Å². The van der Waals surface area contributed by atoms with E-state index in [-0.39, 0.29) is 16.8 Å². The standard InChI is InChI=1S/C22H15F3N2O3/c1-11-9-15(21(29)30)18(26-11)10-16-19-14(3-2-4-17(19)27-20(16)28)12-5-7-13(8-6-12)22(23,24)25/h2-10,26H,1H3,(H,27,28)(H,29,30). The molecule has 0 saturated carbocycles. The van der Waals surface area contributed by atoms with Gasteiger partial charge in [-0.25, -0.2) is 4.79 Å². The van der Waals surface area contributed by atoms with Gasteiger partial charge in [0, 0.05) is 16.9 Å². The molecule has 0 spiro atoms. The maximum Gasteiger partial charge on any atom is 0.416 e. The maximum atomic E-state index is 12.9. The highest BCUT2D eigenvalue weighted by Crippen LogP contribution is 2.41. The fraction of sp³-hybridized carbons (Fsp3) is 0.0909. The van der Waals surface area contributed by atoms with Gasteiger partial charge in [0.05, 0.1) is 22.4 Å². The van der Waals surface area contributed by atoms with Crippen molar-refractivity contribution in [1.29, 1.82) is 0 Å². The molecule has 0 unspecified atom stereocenters. The number of hydrogen-bond acceptors (Lipinski definition) is 2. The number of aromatic amines is 1. The minimum Gasteiger partial charge on any atom is -0.478 e. The smallest absolute Gasteiger partial charge is 0.416 e. The molecular formula is C22H15F3N2O3. The normalized spacial score (nSPS) is 14.7. The summed E-state index contributed by atoms with van der Waals surface area (Å²) in [6, 6.07) is 11.2. The molecule has 0 bridgehead atoms. The van der Waals surface area contributed by atoms with Gasteiger partial charge in [-0.3, -0.25) is 4.79 Å². The van der Waals surface area contributed by atoms with Crippen LogP contribution in [0.4, 0.5) is 18.9 Å². The third-order valence-electron chi connectivity index (χ3n) is 4.85. The summed E-state index contributed by atoms with van der Waals surface area (Å²) < 4.78 is 38.7. The highest BCUT2D eigenvalue weighted by atomic mass is 19.4. The van der Waals surface area contributed by atoms with Crippen molar-refractivity contribution in [1.82, 2.24) is 4.98 Å². The summed E-state index contributed by atoms with van der Waals surface area (Å²) in [4.78, 5) is 27.0. The molecule has 1 aromatic heterocycles. The predicted molar refractivity (Wildman–Crippen MR) is 106 cm³/mol. The average molecular weight is 412 g/mol. The van der Waals surface area contributed by atoms with Gasteiger partial charge >= 0.3 is 12.1 Å². The number of hydrogen-bond donors (Lipinski definition) is 3. The number of H-pyrrole nitrogens is 1. The molecule has 8 heteroatoms. The van der Waals surface area contributed by atoms with Crippen LogP contribution in [0.3, 0.4) is 0 Å². The van der Waals surface area contributed by atoms with Crippen molar-refractivity contribution in [2.75, 3.05) is 5.32 Å². The quantitative estimate of drug-likeness (QED) is 0.517. The summed E-state index contributed by atoms with van der Waals surface area (Å²) in [6.07, 6.45) is -3.00. The molecule has 0 aliphatic carbocycles. The van der Waals surface area contributed by atoms with Crippen LogP contribution in [0.5, 0.6) is 0 Å². The van der Waals surface area contributed by atoms with Gasteiger partial charge in [0.2, 0.25) is 0 Å². The van der Waals surface area contributed by atoms with Crippen LogP contribution in [0.2, 0.25) is 0 Å². The van der Waals surface area contributed by atoms with Crippen LogP contribution < -0.4 is 5.32 Å². The number of halogens is 3. The number of aromatic carboxylic acids is 1. The summed E-state index contributed by atoms with van der Waals surface area (Å²) in [5, 5.41) is 12.1. The van der Waals surface area contributed by atoms with E-state index in [0.29, 0.717) is 28.1 Å². The zero-order chi connectivity index (χ0) is 21.6. The number of aryl methyl sites for hydroxylation is 1. The fourth-order valence-corrected chi connectivity index (χ4v) is 3.51. The minimum absolute atomic E-state index is 0.0215. The van der Waals surface area contributed by atoms with E-state index in [2.05, 4.69) is 10.3 Å². The minimum atomic E-state index is -4.45. The molecule has 1 aliphatic rings. The zero-order valence-electron chi connectivity index (χ0n) is 15.6. The number of carboxylic acid groups (broad SMARTS) is 1. The number of benzene rings is 2. The van der Waals surface area contributed by atoms with Crippen molar-refractivity contribution in [3.63, 3.8) is 0 Å². The van der Waals surface area contributed by atoms with Crippen molar-refractivity contribution in [2.24, 2.45) is 0 Å². The first-order valence-electron chi connectivity index (χ1n) is 8.92. The summed E-state index contributed by atoms with van der Waals surface area (Å²) in [6.45, 7) is 1.70. The van der Waals surface area contributed by atoms with Gasteiger partial charge in [0.1, 0.15) is 0 Å². The SMILES string of the molecule is Cc1cc(C(=O)O)c(C=C2C(=O)Nc3cccc(-c4ccc(C(F)(F)F)cc4)c32)[nH]1. The average Bonchev–Trinajstić information content (AvgIpc) is 3.21. The monoisotopic (exact) mass is 412 g/mol. The number of alkyl halides is 3. The van der Waals surface area contributed by atoms with E-state index in [4.69, 9.17) is 0 Å². The lowest BCUT2D eigenvalue weighted by atomic mass is 9.93. The van der Waals surface area contributed by atoms with Crippen molar-refractivity contribution in [3.05, 3.63) is 76.6 Å². The molecule has 5 nitrogen and oxygen atoms in total.